The van der Waals surface area contributed by atoms with Crippen molar-refractivity contribution < 1.29 is 4.74 Å². The molecule has 1 atom stereocenters. The molecule has 2 saturated heterocycles. The van der Waals surface area contributed by atoms with Crippen LogP contribution in [-0.2, 0) is 4.74 Å². The van der Waals surface area contributed by atoms with E-state index in [1.54, 1.807) is 6.33 Å². The van der Waals surface area contributed by atoms with Gasteiger partial charge in [0.2, 0.25) is 0 Å². The first-order valence-corrected chi connectivity index (χ1v) is 7.16. The number of hydrogen-bond acceptors (Lipinski definition) is 5. The molecular weight excluding hydrogens is 296 g/mol. The summed E-state index contributed by atoms with van der Waals surface area (Å²) < 4.78 is 6.25. The molecule has 5 nitrogen and oxygen atoms in total. The summed E-state index contributed by atoms with van der Waals surface area (Å²) in [4.78, 5) is 13.3. The first-order valence-electron chi connectivity index (χ1n) is 6.37. The maximum Gasteiger partial charge on any atom is 0.133 e. The Labute approximate surface area is 115 Å². The Morgan fingerprint density at radius 1 is 1.22 bits per heavy atom. The van der Waals surface area contributed by atoms with Crippen molar-refractivity contribution in [1.29, 1.82) is 0 Å². The van der Waals surface area contributed by atoms with E-state index in [0.29, 0.717) is 6.04 Å². The van der Waals surface area contributed by atoms with Gasteiger partial charge in [-0.2, -0.15) is 0 Å². The molecule has 0 bridgehead atoms. The summed E-state index contributed by atoms with van der Waals surface area (Å²) in [7, 11) is 0. The van der Waals surface area contributed by atoms with E-state index in [4.69, 9.17) is 4.74 Å². The Morgan fingerprint density at radius 3 is 2.83 bits per heavy atom. The van der Waals surface area contributed by atoms with E-state index in [-0.39, 0.29) is 0 Å². The number of ether oxygens (including phenoxy) is 1. The van der Waals surface area contributed by atoms with Gasteiger partial charge in [-0.15, -0.1) is 0 Å². The quantitative estimate of drug-likeness (QED) is 0.766. The Morgan fingerprint density at radius 2 is 2.06 bits per heavy atom. The van der Waals surface area contributed by atoms with E-state index in [2.05, 4.69) is 35.7 Å². The van der Waals surface area contributed by atoms with Crippen LogP contribution in [0.5, 0.6) is 0 Å². The summed E-state index contributed by atoms with van der Waals surface area (Å²) in [5.41, 5.74) is 0. The fourth-order valence-electron chi connectivity index (χ4n) is 2.69. The molecule has 6 heteroatoms. The van der Waals surface area contributed by atoms with Crippen LogP contribution in [-0.4, -0.2) is 60.3 Å². The first-order chi connectivity index (χ1) is 8.83. The normalized spacial score (nSPS) is 25.6. The molecule has 1 aromatic heterocycles. The third-order valence-electron chi connectivity index (χ3n) is 3.67. The average Bonchev–Trinajstić information content (AvgIpc) is 2.89. The second-order valence-corrected chi connectivity index (χ2v) is 5.55. The molecule has 18 heavy (non-hydrogen) atoms. The van der Waals surface area contributed by atoms with Gasteiger partial charge in [-0.3, -0.25) is 4.90 Å². The van der Waals surface area contributed by atoms with Crippen LogP contribution in [0.3, 0.4) is 0 Å². The topological polar surface area (TPSA) is 41.5 Å². The predicted molar refractivity (Wildman–Crippen MR) is 72.7 cm³/mol. The third kappa shape index (κ3) is 2.65. The van der Waals surface area contributed by atoms with Gasteiger partial charge in [0.1, 0.15) is 16.7 Å². The molecule has 3 rings (SSSR count). The Balaban J connectivity index is 1.64. The highest BCUT2D eigenvalue weighted by Crippen LogP contribution is 2.23. The molecule has 2 aliphatic rings. The van der Waals surface area contributed by atoms with Gasteiger partial charge in [-0.05, 0) is 22.4 Å². The SMILES string of the molecule is Brc1cc(N2CCC(N3CCOCC3)C2)ncn1. The molecule has 0 spiro atoms. The summed E-state index contributed by atoms with van der Waals surface area (Å²) in [6.07, 6.45) is 2.82. The fraction of sp³-hybridized carbons (Fsp3) is 0.667. The Kier molecular flexibility index (Phi) is 3.77. The van der Waals surface area contributed by atoms with Gasteiger partial charge >= 0.3 is 0 Å². The maximum atomic E-state index is 5.40. The zero-order valence-electron chi connectivity index (χ0n) is 10.3. The van der Waals surface area contributed by atoms with Gasteiger partial charge in [0.05, 0.1) is 13.2 Å². The van der Waals surface area contributed by atoms with Crippen LogP contribution in [0.4, 0.5) is 5.82 Å². The second-order valence-electron chi connectivity index (χ2n) is 4.74. The lowest BCUT2D eigenvalue weighted by Gasteiger charge is -2.32. The summed E-state index contributed by atoms with van der Waals surface area (Å²) in [5, 5.41) is 0. The second kappa shape index (κ2) is 5.50. The lowest BCUT2D eigenvalue weighted by atomic mass is 10.2. The molecule has 2 fully saturated rings. The molecular formula is C12H17BrN4O. The van der Waals surface area contributed by atoms with Crippen LogP contribution >= 0.6 is 15.9 Å². The van der Waals surface area contributed by atoms with E-state index >= 15 is 0 Å². The number of anilines is 1. The molecule has 0 radical (unpaired) electrons. The van der Waals surface area contributed by atoms with Gasteiger partial charge < -0.3 is 9.64 Å². The molecule has 0 aliphatic carbocycles. The van der Waals surface area contributed by atoms with Crippen molar-refractivity contribution in [3.63, 3.8) is 0 Å². The van der Waals surface area contributed by atoms with E-state index < -0.39 is 0 Å². The predicted octanol–water partition coefficient (Wildman–Crippen LogP) is 1.15. The van der Waals surface area contributed by atoms with E-state index in [0.717, 1.165) is 49.8 Å². The minimum atomic E-state index is 0.641. The Hall–Kier alpha value is -0.720. The summed E-state index contributed by atoms with van der Waals surface area (Å²) in [6, 6.07) is 2.63. The first kappa shape index (κ1) is 12.3. The van der Waals surface area contributed by atoms with Crippen LogP contribution in [0.25, 0.3) is 0 Å². The molecule has 1 aromatic rings. The molecule has 3 heterocycles. The molecule has 1 unspecified atom stereocenters. The van der Waals surface area contributed by atoms with Gasteiger partial charge in [-0.25, -0.2) is 9.97 Å². The third-order valence-corrected chi connectivity index (χ3v) is 4.10. The van der Waals surface area contributed by atoms with Gasteiger partial charge in [0, 0.05) is 38.3 Å². The molecule has 2 aliphatic heterocycles. The smallest absolute Gasteiger partial charge is 0.133 e. The largest absolute Gasteiger partial charge is 0.379 e. The van der Waals surface area contributed by atoms with Crippen molar-refractivity contribution in [2.45, 2.75) is 12.5 Å². The maximum absolute atomic E-state index is 5.40. The molecule has 0 N–H and O–H groups in total. The van der Waals surface area contributed by atoms with E-state index in [1.807, 2.05) is 6.07 Å². The lowest BCUT2D eigenvalue weighted by Crippen LogP contribution is -2.44. The number of hydrogen-bond donors (Lipinski definition) is 0. The van der Waals surface area contributed by atoms with Crippen molar-refractivity contribution >= 4 is 21.7 Å². The highest BCUT2D eigenvalue weighted by atomic mass is 79.9. The van der Waals surface area contributed by atoms with Crippen molar-refractivity contribution in [1.82, 2.24) is 14.9 Å². The van der Waals surface area contributed by atoms with E-state index in [9.17, 15) is 0 Å². The van der Waals surface area contributed by atoms with Gasteiger partial charge in [0.25, 0.3) is 0 Å². The van der Waals surface area contributed by atoms with Crippen LogP contribution in [0.1, 0.15) is 6.42 Å². The number of rotatable bonds is 2. The summed E-state index contributed by atoms with van der Waals surface area (Å²) in [6.45, 7) is 6.00. The van der Waals surface area contributed by atoms with Gasteiger partial charge in [-0.1, -0.05) is 0 Å². The number of morpholine rings is 1. The summed E-state index contributed by atoms with van der Waals surface area (Å²) >= 11 is 3.40. The highest BCUT2D eigenvalue weighted by molar-refractivity contribution is 9.10. The highest BCUT2D eigenvalue weighted by Gasteiger charge is 2.29. The van der Waals surface area contributed by atoms with Crippen molar-refractivity contribution in [2.75, 3.05) is 44.3 Å². The van der Waals surface area contributed by atoms with Crippen molar-refractivity contribution in [2.24, 2.45) is 0 Å². The number of nitrogens with zero attached hydrogens (tertiary/aromatic N) is 4. The average molecular weight is 313 g/mol. The number of halogens is 1. The zero-order valence-corrected chi connectivity index (χ0v) is 11.8. The fourth-order valence-corrected chi connectivity index (χ4v) is 2.98. The minimum Gasteiger partial charge on any atom is -0.379 e. The molecule has 0 saturated carbocycles. The van der Waals surface area contributed by atoms with E-state index in [1.165, 1.54) is 6.42 Å². The summed E-state index contributed by atoms with van der Waals surface area (Å²) in [5.74, 6) is 1.02. The minimum absolute atomic E-state index is 0.641. The lowest BCUT2D eigenvalue weighted by molar-refractivity contribution is 0.0209. The molecule has 0 aromatic carbocycles. The van der Waals surface area contributed by atoms with Crippen LogP contribution < -0.4 is 4.90 Å². The van der Waals surface area contributed by atoms with Crippen LogP contribution in [0, 0.1) is 0 Å². The Bertz CT molecular complexity index is 411. The monoisotopic (exact) mass is 312 g/mol. The molecule has 0 amide bonds. The van der Waals surface area contributed by atoms with Crippen LogP contribution in [0.2, 0.25) is 0 Å². The number of aromatic nitrogens is 2. The molecule has 98 valence electrons. The van der Waals surface area contributed by atoms with Gasteiger partial charge in [0.15, 0.2) is 0 Å². The zero-order chi connectivity index (χ0) is 12.4. The van der Waals surface area contributed by atoms with Crippen molar-refractivity contribution in [3.05, 3.63) is 17.0 Å². The van der Waals surface area contributed by atoms with Crippen molar-refractivity contribution in [3.8, 4) is 0 Å². The standard InChI is InChI=1S/C12H17BrN4O/c13-11-7-12(15-9-14-11)17-2-1-10(8-17)16-3-5-18-6-4-16/h7,9-10H,1-6,8H2. The van der Waals surface area contributed by atoms with Crippen LogP contribution in [0.15, 0.2) is 17.0 Å².